The van der Waals surface area contributed by atoms with Crippen molar-refractivity contribution < 1.29 is 8.42 Å². The molecular formula is C11H17NO2S. The van der Waals surface area contributed by atoms with Crippen molar-refractivity contribution in [1.29, 1.82) is 0 Å². The van der Waals surface area contributed by atoms with E-state index in [2.05, 4.69) is 12.2 Å². The Morgan fingerprint density at radius 3 is 2.20 bits per heavy atom. The second kappa shape index (κ2) is 3.08. The number of sulfonamides is 1. The van der Waals surface area contributed by atoms with Gasteiger partial charge in [-0.25, -0.2) is 12.7 Å². The van der Waals surface area contributed by atoms with Gasteiger partial charge in [-0.15, -0.1) is 0 Å². The smallest absolute Gasteiger partial charge is 0.212 e. The lowest BCUT2D eigenvalue weighted by molar-refractivity contribution is 0.395. The van der Waals surface area contributed by atoms with E-state index in [1.54, 1.807) is 11.2 Å². The van der Waals surface area contributed by atoms with E-state index in [-0.39, 0.29) is 5.75 Å². The Morgan fingerprint density at radius 1 is 1.20 bits per heavy atom. The number of allylic oxidation sites excluding steroid dienone is 2. The summed E-state index contributed by atoms with van der Waals surface area (Å²) in [6.07, 6.45) is 5.87. The Balaban J connectivity index is 1.82. The van der Waals surface area contributed by atoms with Gasteiger partial charge < -0.3 is 0 Å². The van der Waals surface area contributed by atoms with Crippen molar-refractivity contribution in [3.63, 3.8) is 0 Å². The van der Waals surface area contributed by atoms with Crippen LogP contribution in [0.5, 0.6) is 0 Å². The highest BCUT2D eigenvalue weighted by Crippen LogP contribution is 2.51. The molecule has 0 amide bonds. The third-order valence-electron chi connectivity index (χ3n) is 4.39. The van der Waals surface area contributed by atoms with Crippen LogP contribution in [-0.4, -0.2) is 31.6 Å². The molecule has 2 unspecified atom stereocenters. The Labute approximate surface area is 91.2 Å². The fraction of sp³-hybridized carbons (Fsp3) is 0.818. The Kier molecular flexibility index (Phi) is 2.02. The number of hydrogen-bond acceptors (Lipinski definition) is 2. The summed E-state index contributed by atoms with van der Waals surface area (Å²) in [4.78, 5) is 0. The van der Waals surface area contributed by atoms with Crippen LogP contribution < -0.4 is 0 Å². The number of nitrogens with zero attached hydrogens (tertiary/aromatic N) is 1. The average Bonchev–Trinajstić information content (AvgIpc) is 2.89. The van der Waals surface area contributed by atoms with Gasteiger partial charge in [-0.2, -0.15) is 0 Å². The van der Waals surface area contributed by atoms with Crippen LogP contribution in [0.1, 0.15) is 13.3 Å². The molecule has 0 aromatic carbocycles. The van der Waals surface area contributed by atoms with E-state index < -0.39 is 10.0 Å². The largest absolute Gasteiger partial charge is 0.213 e. The zero-order chi connectivity index (χ0) is 10.6. The highest BCUT2D eigenvalue weighted by atomic mass is 32.2. The fourth-order valence-corrected chi connectivity index (χ4v) is 4.69. The molecule has 3 rings (SSSR count). The van der Waals surface area contributed by atoms with Crippen LogP contribution >= 0.6 is 0 Å². The second-order valence-corrected chi connectivity index (χ2v) is 7.25. The van der Waals surface area contributed by atoms with Crippen molar-refractivity contribution >= 4 is 10.0 Å². The van der Waals surface area contributed by atoms with Crippen LogP contribution in [0.2, 0.25) is 0 Å². The van der Waals surface area contributed by atoms with Gasteiger partial charge in [-0.1, -0.05) is 12.2 Å². The molecule has 2 bridgehead atoms. The van der Waals surface area contributed by atoms with Crippen molar-refractivity contribution in [2.24, 2.45) is 23.7 Å². The van der Waals surface area contributed by atoms with Crippen molar-refractivity contribution in [2.45, 2.75) is 13.3 Å². The van der Waals surface area contributed by atoms with E-state index >= 15 is 0 Å². The molecule has 0 aromatic heterocycles. The maximum absolute atomic E-state index is 11.8. The molecule has 4 atom stereocenters. The van der Waals surface area contributed by atoms with E-state index in [9.17, 15) is 8.42 Å². The normalized spacial score (nSPS) is 43.8. The first-order valence-electron chi connectivity index (χ1n) is 5.78. The zero-order valence-electron chi connectivity index (χ0n) is 8.96. The van der Waals surface area contributed by atoms with E-state index in [0.717, 1.165) is 13.1 Å². The Hall–Kier alpha value is -0.350. The van der Waals surface area contributed by atoms with Crippen LogP contribution in [0.25, 0.3) is 0 Å². The minimum Gasteiger partial charge on any atom is -0.212 e. The van der Waals surface area contributed by atoms with Gasteiger partial charge in [-0.3, -0.25) is 0 Å². The molecule has 0 spiro atoms. The Morgan fingerprint density at radius 2 is 1.73 bits per heavy atom. The van der Waals surface area contributed by atoms with Gasteiger partial charge in [0.1, 0.15) is 0 Å². The summed E-state index contributed by atoms with van der Waals surface area (Å²) >= 11 is 0. The highest BCUT2D eigenvalue weighted by molar-refractivity contribution is 7.89. The van der Waals surface area contributed by atoms with E-state index in [1.807, 2.05) is 0 Å². The van der Waals surface area contributed by atoms with Gasteiger partial charge in [-0.05, 0) is 37.0 Å². The van der Waals surface area contributed by atoms with Gasteiger partial charge in [0.05, 0.1) is 5.75 Å². The van der Waals surface area contributed by atoms with E-state index in [4.69, 9.17) is 0 Å². The molecule has 15 heavy (non-hydrogen) atoms. The molecule has 0 N–H and O–H groups in total. The molecule has 4 heteroatoms. The molecule has 0 aromatic rings. The standard InChI is InChI=1S/C11H17NO2S/c1-2-15(13,14)12-6-10-8-3-4-9(5-8)11(10)7-12/h3-4,8-11H,2,5-7H2,1H3/t8?,9?,10-,11+. The summed E-state index contributed by atoms with van der Waals surface area (Å²) < 4.78 is 25.3. The summed E-state index contributed by atoms with van der Waals surface area (Å²) in [5, 5.41) is 0. The lowest BCUT2D eigenvalue weighted by atomic mass is 9.86. The summed E-state index contributed by atoms with van der Waals surface area (Å²) in [6.45, 7) is 3.27. The summed E-state index contributed by atoms with van der Waals surface area (Å²) in [5.41, 5.74) is 0. The van der Waals surface area contributed by atoms with Gasteiger partial charge in [0.15, 0.2) is 0 Å². The first-order chi connectivity index (χ1) is 7.12. The highest BCUT2D eigenvalue weighted by Gasteiger charge is 2.51. The lowest BCUT2D eigenvalue weighted by Gasteiger charge is -2.17. The van der Waals surface area contributed by atoms with Crippen molar-refractivity contribution in [3.8, 4) is 0 Å². The number of hydrogen-bond donors (Lipinski definition) is 0. The zero-order valence-corrected chi connectivity index (χ0v) is 9.78. The molecule has 1 saturated carbocycles. The molecule has 1 saturated heterocycles. The predicted molar refractivity (Wildman–Crippen MR) is 58.8 cm³/mol. The van der Waals surface area contributed by atoms with Crippen molar-refractivity contribution in [2.75, 3.05) is 18.8 Å². The molecular weight excluding hydrogens is 210 g/mol. The van der Waals surface area contributed by atoms with E-state index in [0.29, 0.717) is 23.7 Å². The monoisotopic (exact) mass is 227 g/mol. The minimum absolute atomic E-state index is 0.245. The van der Waals surface area contributed by atoms with Gasteiger partial charge >= 0.3 is 0 Å². The van der Waals surface area contributed by atoms with E-state index in [1.165, 1.54) is 6.42 Å². The fourth-order valence-electron chi connectivity index (χ4n) is 3.52. The van der Waals surface area contributed by atoms with Crippen molar-refractivity contribution in [3.05, 3.63) is 12.2 Å². The van der Waals surface area contributed by atoms with Crippen LogP contribution in [0.3, 0.4) is 0 Å². The molecule has 3 nitrogen and oxygen atoms in total. The Bertz CT molecular complexity index is 381. The first-order valence-corrected chi connectivity index (χ1v) is 7.39. The van der Waals surface area contributed by atoms with Crippen LogP contribution in [0.15, 0.2) is 12.2 Å². The number of rotatable bonds is 2. The first kappa shape index (κ1) is 9.85. The molecule has 2 aliphatic carbocycles. The van der Waals surface area contributed by atoms with Gasteiger partial charge in [0, 0.05) is 13.1 Å². The average molecular weight is 227 g/mol. The van der Waals surface area contributed by atoms with Crippen LogP contribution in [0, 0.1) is 23.7 Å². The van der Waals surface area contributed by atoms with Crippen molar-refractivity contribution in [1.82, 2.24) is 4.31 Å². The molecule has 84 valence electrons. The maximum Gasteiger partial charge on any atom is 0.213 e. The number of fused-ring (bicyclic) bond motifs is 5. The summed E-state index contributed by atoms with van der Waals surface area (Å²) in [5.74, 6) is 2.80. The predicted octanol–water partition coefficient (Wildman–Crippen LogP) is 1.09. The minimum atomic E-state index is -2.95. The maximum atomic E-state index is 11.8. The SMILES string of the molecule is CCS(=O)(=O)N1C[C@@H]2C3C=CC(C3)[C@@H]2C1. The third-order valence-corrected chi connectivity index (χ3v) is 6.20. The lowest BCUT2D eigenvalue weighted by Crippen LogP contribution is -2.31. The van der Waals surface area contributed by atoms with Crippen LogP contribution in [-0.2, 0) is 10.0 Å². The molecule has 3 aliphatic rings. The third kappa shape index (κ3) is 1.31. The van der Waals surface area contributed by atoms with Gasteiger partial charge in [0.25, 0.3) is 0 Å². The summed E-state index contributed by atoms with van der Waals surface area (Å²) in [7, 11) is -2.95. The topological polar surface area (TPSA) is 37.4 Å². The molecule has 1 heterocycles. The van der Waals surface area contributed by atoms with Crippen LogP contribution in [0.4, 0.5) is 0 Å². The second-order valence-electron chi connectivity index (χ2n) is 4.99. The van der Waals surface area contributed by atoms with Gasteiger partial charge in [0.2, 0.25) is 10.0 Å². The molecule has 1 aliphatic heterocycles. The molecule has 0 radical (unpaired) electrons. The molecule has 2 fully saturated rings. The quantitative estimate of drug-likeness (QED) is 0.662. The summed E-state index contributed by atoms with van der Waals surface area (Å²) in [6, 6.07) is 0.